The Labute approximate surface area is 122 Å². The summed E-state index contributed by atoms with van der Waals surface area (Å²) in [4.78, 5) is 16.3. The lowest BCUT2D eigenvalue weighted by Gasteiger charge is -2.14. The predicted octanol–water partition coefficient (Wildman–Crippen LogP) is 2.48. The number of imidazole rings is 1. The van der Waals surface area contributed by atoms with E-state index in [0.717, 1.165) is 23.1 Å². The van der Waals surface area contributed by atoms with Crippen molar-refractivity contribution >= 4 is 34.7 Å². The monoisotopic (exact) mass is 292 g/mol. The van der Waals surface area contributed by atoms with Crippen LogP contribution in [0.25, 0.3) is 11.2 Å². The van der Waals surface area contributed by atoms with Crippen LogP contribution in [0.3, 0.4) is 0 Å². The van der Waals surface area contributed by atoms with Gasteiger partial charge in [-0.1, -0.05) is 0 Å². The molecule has 2 heterocycles. The Morgan fingerprint density at radius 2 is 2.30 bits per heavy atom. The number of anilines is 2. The number of hydrogen-bond donors (Lipinski definition) is 3. The Morgan fingerprint density at radius 3 is 3.05 bits per heavy atom. The number of aromatic amines is 1. The van der Waals surface area contributed by atoms with E-state index >= 15 is 0 Å². The van der Waals surface area contributed by atoms with E-state index in [1.807, 2.05) is 18.7 Å². The van der Waals surface area contributed by atoms with E-state index in [9.17, 15) is 0 Å². The molecule has 1 aliphatic carbocycles. The van der Waals surface area contributed by atoms with Crippen LogP contribution < -0.4 is 10.6 Å². The lowest BCUT2D eigenvalue weighted by Crippen LogP contribution is -2.18. The molecule has 1 saturated carbocycles. The van der Waals surface area contributed by atoms with Crippen LogP contribution in [0.1, 0.15) is 26.2 Å². The molecular formula is C13H20N6S. The van der Waals surface area contributed by atoms with Crippen molar-refractivity contribution in [1.29, 1.82) is 0 Å². The summed E-state index contributed by atoms with van der Waals surface area (Å²) in [6, 6.07) is 0.489. The lowest BCUT2D eigenvalue weighted by molar-refractivity contribution is 0.753. The maximum absolute atomic E-state index is 4.57. The van der Waals surface area contributed by atoms with Crippen LogP contribution in [-0.2, 0) is 0 Å². The first kappa shape index (κ1) is 13.5. The van der Waals surface area contributed by atoms with Crippen LogP contribution in [0.15, 0.2) is 6.33 Å². The van der Waals surface area contributed by atoms with E-state index in [4.69, 9.17) is 0 Å². The van der Waals surface area contributed by atoms with Crippen LogP contribution in [0.4, 0.5) is 11.8 Å². The molecule has 2 atom stereocenters. The SMILES string of the molecule is CCNc1nc(NC2CCC(SC)C2)c2[nH]cnc2n1. The van der Waals surface area contributed by atoms with Gasteiger partial charge in [0, 0.05) is 17.8 Å². The number of nitrogens with zero attached hydrogens (tertiary/aromatic N) is 3. The Hall–Kier alpha value is -1.50. The van der Waals surface area contributed by atoms with Crippen LogP contribution in [0, 0.1) is 0 Å². The molecule has 2 aromatic heterocycles. The van der Waals surface area contributed by atoms with Crippen molar-refractivity contribution in [3.05, 3.63) is 6.33 Å². The molecule has 1 fully saturated rings. The highest BCUT2D eigenvalue weighted by atomic mass is 32.2. The number of thioether (sulfide) groups is 1. The molecule has 1 aliphatic rings. The van der Waals surface area contributed by atoms with E-state index in [0.29, 0.717) is 17.6 Å². The molecular weight excluding hydrogens is 272 g/mol. The van der Waals surface area contributed by atoms with Gasteiger partial charge in [-0.25, -0.2) is 4.98 Å². The zero-order valence-electron chi connectivity index (χ0n) is 11.8. The summed E-state index contributed by atoms with van der Waals surface area (Å²) in [5.74, 6) is 1.49. The largest absolute Gasteiger partial charge is 0.365 e. The lowest BCUT2D eigenvalue weighted by atomic mass is 10.2. The molecule has 7 heteroatoms. The topological polar surface area (TPSA) is 78.5 Å². The molecule has 0 spiro atoms. The van der Waals surface area contributed by atoms with Gasteiger partial charge in [-0.05, 0) is 32.4 Å². The molecule has 0 aromatic carbocycles. The summed E-state index contributed by atoms with van der Waals surface area (Å²) < 4.78 is 0. The molecule has 3 rings (SSSR count). The molecule has 0 aliphatic heterocycles. The van der Waals surface area contributed by atoms with Gasteiger partial charge in [0.25, 0.3) is 0 Å². The smallest absolute Gasteiger partial charge is 0.226 e. The maximum atomic E-state index is 4.57. The van der Waals surface area contributed by atoms with Gasteiger partial charge < -0.3 is 15.6 Å². The molecule has 0 saturated heterocycles. The zero-order chi connectivity index (χ0) is 13.9. The first-order valence-corrected chi connectivity index (χ1v) is 8.33. The Bertz CT molecular complexity index is 583. The van der Waals surface area contributed by atoms with E-state index in [1.54, 1.807) is 6.33 Å². The van der Waals surface area contributed by atoms with Gasteiger partial charge >= 0.3 is 0 Å². The van der Waals surface area contributed by atoms with Gasteiger partial charge in [-0.15, -0.1) is 0 Å². The van der Waals surface area contributed by atoms with Gasteiger partial charge in [0.15, 0.2) is 11.5 Å². The highest BCUT2D eigenvalue weighted by molar-refractivity contribution is 7.99. The molecule has 0 amide bonds. The van der Waals surface area contributed by atoms with Crippen LogP contribution in [-0.4, -0.2) is 44.0 Å². The average Bonchev–Trinajstić information content (AvgIpc) is 3.07. The first-order chi connectivity index (χ1) is 9.80. The molecule has 6 nitrogen and oxygen atoms in total. The third kappa shape index (κ3) is 2.67. The fourth-order valence-electron chi connectivity index (χ4n) is 2.65. The van der Waals surface area contributed by atoms with Crippen LogP contribution in [0.2, 0.25) is 0 Å². The number of fused-ring (bicyclic) bond motifs is 1. The number of aromatic nitrogens is 4. The second-order valence-corrected chi connectivity index (χ2v) is 6.18. The molecule has 0 radical (unpaired) electrons. The van der Waals surface area contributed by atoms with Gasteiger partial charge in [-0.2, -0.15) is 21.7 Å². The number of hydrogen-bond acceptors (Lipinski definition) is 6. The van der Waals surface area contributed by atoms with Crippen LogP contribution in [0.5, 0.6) is 0 Å². The fourth-order valence-corrected chi connectivity index (χ4v) is 3.45. The van der Waals surface area contributed by atoms with E-state index in [-0.39, 0.29) is 0 Å². The van der Waals surface area contributed by atoms with E-state index < -0.39 is 0 Å². The van der Waals surface area contributed by atoms with Crippen LogP contribution >= 0.6 is 11.8 Å². The maximum Gasteiger partial charge on any atom is 0.226 e. The second kappa shape index (κ2) is 5.87. The average molecular weight is 292 g/mol. The van der Waals surface area contributed by atoms with Crippen molar-refractivity contribution in [2.75, 3.05) is 23.4 Å². The second-order valence-electron chi connectivity index (χ2n) is 5.04. The number of nitrogens with one attached hydrogen (secondary N) is 3. The molecule has 108 valence electrons. The molecule has 20 heavy (non-hydrogen) atoms. The van der Waals surface area contributed by atoms with Crippen molar-refractivity contribution < 1.29 is 0 Å². The van der Waals surface area contributed by atoms with Crippen molar-refractivity contribution in [3.8, 4) is 0 Å². The highest BCUT2D eigenvalue weighted by Gasteiger charge is 2.25. The zero-order valence-corrected chi connectivity index (χ0v) is 12.6. The Kier molecular flexibility index (Phi) is 3.95. The molecule has 2 unspecified atom stereocenters. The van der Waals surface area contributed by atoms with Crippen molar-refractivity contribution in [2.45, 2.75) is 37.5 Å². The Morgan fingerprint density at radius 1 is 1.40 bits per heavy atom. The highest BCUT2D eigenvalue weighted by Crippen LogP contribution is 2.31. The summed E-state index contributed by atoms with van der Waals surface area (Å²) in [6.45, 7) is 2.83. The minimum atomic E-state index is 0.489. The minimum absolute atomic E-state index is 0.489. The van der Waals surface area contributed by atoms with Crippen molar-refractivity contribution in [3.63, 3.8) is 0 Å². The standard InChI is InChI=1S/C13H20N6S/c1-3-14-13-18-11-10(15-7-16-11)12(19-13)17-8-4-5-9(6-8)20-2/h7-9H,3-6H2,1-2H3,(H3,14,15,16,17,18,19). The number of H-pyrrole nitrogens is 1. The molecule has 2 aromatic rings. The van der Waals surface area contributed by atoms with E-state index in [2.05, 4.69) is 36.8 Å². The summed E-state index contributed by atoms with van der Waals surface area (Å²) in [5.41, 5.74) is 1.59. The molecule has 0 bridgehead atoms. The van der Waals surface area contributed by atoms with Gasteiger partial charge in [0.05, 0.1) is 6.33 Å². The number of rotatable bonds is 5. The minimum Gasteiger partial charge on any atom is -0.365 e. The summed E-state index contributed by atoms with van der Waals surface area (Å²) >= 11 is 1.96. The van der Waals surface area contributed by atoms with Crippen molar-refractivity contribution in [1.82, 2.24) is 19.9 Å². The summed E-state index contributed by atoms with van der Waals surface area (Å²) in [6.07, 6.45) is 7.52. The van der Waals surface area contributed by atoms with Gasteiger partial charge in [0.2, 0.25) is 5.95 Å². The van der Waals surface area contributed by atoms with E-state index in [1.165, 1.54) is 19.3 Å². The first-order valence-electron chi connectivity index (χ1n) is 7.04. The third-order valence-corrected chi connectivity index (χ3v) is 4.77. The summed E-state index contributed by atoms with van der Waals surface area (Å²) in [7, 11) is 0. The summed E-state index contributed by atoms with van der Waals surface area (Å²) in [5, 5.41) is 7.48. The quantitative estimate of drug-likeness (QED) is 0.786. The third-order valence-electron chi connectivity index (χ3n) is 3.68. The van der Waals surface area contributed by atoms with Gasteiger partial charge in [0.1, 0.15) is 5.52 Å². The van der Waals surface area contributed by atoms with Gasteiger partial charge in [-0.3, -0.25) is 0 Å². The predicted molar refractivity (Wildman–Crippen MR) is 84.4 cm³/mol. The molecule has 3 N–H and O–H groups in total. The Balaban J connectivity index is 1.84. The van der Waals surface area contributed by atoms with Crippen molar-refractivity contribution in [2.24, 2.45) is 0 Å². The fraction of sp³-hybridized carbons (Fsp3) is 0.615. The normalized spacial score (nSPS) is 22.3.